The molecule has 3 N–H and O–H groups in total. The van der Waals surface area contributed by atoms with Crippen LogP contribution in [-0.4, -0.2) is 5.84 Å². The van der Waals surface area contributed by atoms with Gasteiger partial charge in [0, 0.05) is 14.7 Å². The topological polar surface area (TPSA) is 59.1 Å². The van der Waals surface area contributed by atoms with E-state index in [0.717, 1.165) is 9.35 Å². The largest absolute Gasteiger partial charge is 0.487 e. The standard InChI is InChI=1S/C12H11BrN2OS/c13-8-5-9(17-7-8)6-16-11-4-2-1-3-10(11)12(14)15/h1-5,7H,6H2,(H3,14,15). The summed E-state index contributed by atoms with van der Waals surface area (Å²) in [6, 6.07) is 9.32. The van der Waals surface area contributed by atoms with Crippen molar-refractivity contribution in [2.24, 2.45) is 5.73 Å². The van der Waals surface area contributed by atoms with Crippen LogP contribution in [0.4, 0.5) is 0 Å². The molecule has 0 saturated carbocycles. The molecular weight excluding hydrogens is 300 g/mol. The molecule has 0 saturated heterocycles. The SMILES string of the molecule is N=C(N)c1ccccc1OCc1cc(Br)cs1. The van der Waals surface area contributed by atoms with E-state index in [2.05, 4.69) is 15.9 Å². The average Bonchev–Trinajstić information content (AvgIpc) is 2.73. The van der Waals surface area contributed by atoms with E-state index in [1.165, 1.54) is 0 Å². The zero-order valence-electron chi connectivity index (χ0n) is 8.94. The second kappa shape index (κ2) is 5.33. The Morgan fingerprint density at radius 1 is 1.41 bits per heavy atom. The molecule has 0 fully saturated rings. The summed E-state index contributed by atoms with van der Waals surface area (Å²) in [7, 11) is 0. The molecule has 0 aliphatic carbocycles. The zero-order valence-corrected chi connectivity index (χ0v) is 11.3. The van der Waals surface area contributed by atoms with Gasteiger partial charge >= 0.3 is 0 Å². The molecule has 17 heavy (non-hydrogen) atoms. The van der Waals surface area contributed by atoms with Crippen molar-refractivity contribution in [1.82, 2.24) is 0 Å². The number of hydrogen-bond donors (Lipinski definition) is 2. The molecule has 0 amide bonds. The van der Waals surface area contributed by atoms with Gasteiger partial charge in [0.1, 0.15) is 18.2 Å². The molecule has 1 aromatic heterocycles. The van der Waals surface area contributed by atoms with E-state index in [9.17, 15) is 0 Å². The number of hydrogen-bond acceptors (Lipinski definition) is 3. The van der Waals surface area contributed by atoms with Gasteiger partial charge in [-0.1, -0.05) is 12.1 Å². The van der Waals surface area contributed by atoms with Crippen LogP contribution in [0.3, 0.4) is 0 Å². The highest BCUT2D eigenvalue weighted by atomic mass is 79.9. The smallest absolute Gasteiger partial charge is 0.130 e. The first kappa shape index (κ1) is 12.1. The molecule has 88 valence electrons. The Morgan fingerprint density at radius 3 is 2.82 bits per heavy atom. The van der Waals surface area contributed by atoms with Crippen molar-refractivity contribution in [2.75, 3.05) is 0 Å². The summed E-state index contributed by atoms with van der Waals surface area (Å²) in [6.45, 7) is 0.487. The minimum atomic E-state index is 0.0213. The van der Waals surface area contributed by atoms with Crippen LogP contribution >= 0.6 is 27.3 Å². The maximum atomic E-state index is 7.46. The number of nitrogens with one attached hydrogen (secondary N) is 1. The summed E-state index contributed by atoms with van der Waals surface area (Å²) < 4.78 is 6.72. The first-order valence-corrected chi connectivity index (χ1v) is 6.63. The zero-order chi connectivity index (χ0) is 12.3. The minimum Gasteiger partial charge on any atom is -0.487 e. The van der Waals surface area contributed by atoms with E-state index < -0.39 is 0 Å². The fourth-order valence-corrected chi connectivity index (χ4v) is 2.76. The molecule has 0 unspecified atom stereocenters. The fourth-order valence-electron chi connectivity index (χ4n) is 1.39. The Bertz CT molecular complexity index is 539. The summed E-state index contributed by atoms with van der Waals surface area (Å²) in [6.07, 6.45) is 0. The predicted octanol–water partition coefficient (Wildman–Crippen LogP) is 3.37. The van der Waals surface area contributed by atoms with Crippen LogP contribution in [0.15, 0.2) is 40.2 Å². The van der Waals surface area contributed by atoms with E-state index in [0.29, 0.717) is 17.9 Å². The van der Waals surface area contributed by atoms with Crippen molar-refractivity contribution in [2.45, 2.75) is 6.61 Å². The number of para-hydroxylation sites is 1. The van der Waals surface area contributed by atoms with Crippen LogP contribution in [0.2, 0.25) is 0 Å². The lowest BCUT2D eigenvalue weighted by atomic mass is 10.2. The highest BCUT2D eigenvalue weighted by Crippen LogP contribution is 2.23. The molecule has 0 bridgehead atoms. The Labute approximate surface area is 112 Å². The average molecular weight is 311 g/mol. The maximum Gasteiger partial charge on any atom is 0.130 e. The number of benzene rings is 1. The minimum absolute atomic E-state index is 0.0213. The molecular formula is C12H11BrN2OS. The molecule has 1 heterocycles. The molecule has 0 radical (unpaired) electrons. The lowest BCUT2D eigenvalue weighted by molar-refractivity contribution is 0.309. The third-order valence-corrected chi connectivity index (χ3v) is 3.84. The lowest BCUT2D eigenvalue weighted by Crippen LogP contribution is -2.12. The van der Waals surface area contributed by atoms with Crippen LogP contribution in [0.25, 0.3) is 0 Å². The van der Waals surface area contributed by atoms with Crippen LogP contribution < -0.4 is 10.5 Å². The molecule has 3 nitrogen and oxygen atoms in total. The monoisotopic (exact) mass is 310 g/mol. The van der Waals surface area contributed by atoms with Crippen molar-refractivity contribution in [3.05, 3.63) is 50.6 Å². The number of rotatable bonds is 4. The van der Waals surface area contributed by atoms with Crippen molar-refractivity contribution < 1.29 is 4.74 Å². The molecule has 2 rings (SSSR count). The first-order valence-electron chi connectivity index (χ1n) is 4.96. The van der Waals surface area contributed by atoms with Gasteiger partial charge in [0.2, 0.25) is 0 Å². The first-order chi connectivity index (χ1) is 8.16. The predicted molar refractivity (Wildman–Crippen MR) is 73.8 cm³/mol. The van der Waals surface area contributed by atoms with Crippen LogP contribution in [0, 0.1) is 5.41 Å². The van der Waals surface area contributed by atoms with Crippen LogP contribution in [-0.2, 0) is 6.61 Å². The molecule has 5 heteroatoms. The summed E-state index contributed by atoms with van der Waals surface area (Å²) >= 11 is 5.02. The van der Waals surface area contributed by atoms with Gasteiger partial charge in [-0.3, -0.25) is 5.41 Å². The molecule has 0 spiro atoms. The third-order valence-electron chi connectivity index (χ3n) is 2.17. The van der Waals surface area contributed by atoms with Gasteiger partial charge in [0.15, 0.2) is 0 Å². The quantitative estimate of drug-likeness (QED) is 0.672. The number of ether oxygens (including phenoxy) is 1. The Kier molecular flexibility index (Phi) is 3.81. The van der Waals surface area contributed by atoms with Crippen LogP contribution in [0.1, 0.15) is 10.4 Å². The molecule has 1 aromatic carbocycles. The van der Waals surface area contributed by atoms with Crippen molar-refractivity contribution in [1.29, 1.82) is 5.41 Å². The fraction of sp³-hybridized carbons (Fsp3) is 0.0833. The second-order valence-corrected chi connectivity index (χ2v) is 5.34. The normalized spacial score (nSPS) is 10.2. The van der Waals surface area contributed by atoms with E-state index in [-0.39, 0.29) is 5.84 Å². The summed E-state index contributed by atoms with van der Waals surface area (Å²) in [4.78, 5) is 1.12. The van der Waals surface area contributed by atoms with Crippen LogP contribution in [0.5, 0.6) is 5.75 Å². The number of halogens is 1. The van der Waals surface area contributed by atoms with E-state index in [1.54, 1.807) is 17.4 Å². The number of amidine groups is 1. The van der Waals surface area contributed by atoms with E-state index in [1.807, 2.05) is 29.6 Å². The van der Waals surface area contributed by atoms with Gasteiger partial charge in [-0.25, -0.2) is 0 Å². The molecule has 2 aromatic rings. The number of nitrogens with two attached hydrogens (primary N) is 1. The summed E-state index contributed by atoms with van der Waals surface area (Å²) in [5.41, 5.74) is 6.11. The van der Waals surface area contributed by atoms with E-state index >= 15 is 0 Å². The van der Waals surface area contributed by atoms with Crippen molar-refractivity contribution >= 4 is 33.1 Å². The highest BCUT2D eigenvalue weighted by Gasteiger charge is 2.06. The molecule has 0 aliphatic rings. The van der Waals surface area contributed by atoms with Crippen molar-refractivity contribution in [3.63, 3.8) is 0 Å². The Morgan fingerprint density at radius 2 is 2.18 bits per heavy atom. The maximum absolute atomic E-state index is 7.46. The van der Waals surface area contributed by atoms with Crippen molar-refractivity contribution in [3.8, 4) is 5.75 Å². The van der Waals surface area contributed by atoms with Gasteiger partial charge in [0.25, 0.3) is 0 Å². The van der Waals surface area contributed by atoms with Gasteiger partial charge in [-0.2, -0.15) is 0 Å². The Hall–Kier alpha value is -1.33. The van der Waals surface area contributed by atoms with Gasteiger partial charge in [-0.05, 0) is 34.1 Å². The van der Waals surface area contributed by atoms with E-state index in [4.69, 9.17) is 15.9 Å². The Balaban J connectivity index is 2.11. The number of thiophene rings is 1. The summed E-state index contributed by atoms with van der Waals surface area (Å²) in [5.74, 6) is 0.664. The second-order valence-electron chi connectivity index (χ2n) is 3.43. The molecule has 0 aliphatic heterocycles. The van der Waals surface area contributed by atoms with Gasteiger partial charge in [0.05, 0.1) is 5.56 Å². The third kappa shape index (κ3) is 3.08. The van der Waals surface area contributed by atoms with Gasteiger partial charge < -0.3 is 10.5 Å². The highest BCUT2D eigenvalue weighted by molar-refractivity contribution is 9.10. The summed E-state index contributed by atoms with van der Waals surface area (Å²) in [5, 5.41) is 9.47. The molecule has 0 atom stereocenters. The number of nitrogen functional groups attached to an aromatic ring is 1. The lowest BCUT2D eigenvalue weighted by Gasteiger charge is -2.09. The van der Waals surface area contributed by atoms with Gasteiger partial charge in [-0.15, -0.1) is 11.3 Å².